The number of hydrogen-bond acceptors (Lipinski definition) is 4. The summed E-state index contributed by atoms with van der Waals surface area (Å²) >= 11 is 6.09. The first-order chi connectivity index (χ1) is 18.7. The molecule has 7 nitrogen and oxygen atoms in total. The Balaban J connectivity index is 1.84. The van der Waals surface area contributed by atoms with Crippen LogP contribution in [-0.2, 0) is 32.6 Å². The average Bonchev–Trinajstić information content (AvgIpc) is 2.92. The maximum absolute atomic E-state index is 13.7. The second kappa shape index (κ2) is 14.7. The number of benzene rings is 3. The van der Waals surface area contributed by atoms with Crippen molar-refractivity contribution in [3.63, 3.8) is 0 Å². The summed E-state index contributed by atoms with van der Waals surface area (Å²) in [6.07, 6.45) is 2.63. The molecule has 3 rings (SSSR count). The summed E-state index contributed by atoms with van der Waals surface area (Å²) in [5.41, 5.74) is 2.30. The number of amides is 2. The fourth-order valence-electron chi connectivity index (χ4n) is 4.34. The molecule has 0 radical (unpaired) electrons. The van der Waals surface area contributed by atoms with E-state index in [-0.39, 0.29) is 37.7 Å². The Morgan fingerprint density at radius 3 is 2.15 bits per heavy atom. The molecular formula is C30H36ClN3O4S. The van der Waals surface area contributed by atoms with Crippen LogP contribution >= 0.6 is 11.6 Å². The molecule has 0 saturated heterocycles. The highest BCUT2D eigenvalue weighted by Gasteiger charge is 2.30. The minimum absolute atomic E-state index is 0.0752. The van der Waals surface area contributed by atoms with Crippen LogP contribution in [0.5, 0.6) is 0 Å². The van der Waals surface area contributed by atoms with Gasteiger partial charge in [0.2, 0.25) is 21.8 Å². The summed E-state index contributed by atoms with van der Waals surface area (Å²) in [5, 5.41) is 3.39. The van der Waals surface area contributed by atoms with Gasteiger partial charge in [-0.15, -0.1) is 0 Å². The zero-order chi connectivity index (χ0) is 28.3. The lowest BCUT2D eigenvalue weighted by atomic mass is 10.0. The summed E-state index contributed by atoms with van der Waals surface area (Å²) in [4.78, 5) is 28.7. The van der Waals surface area contributed by atoms with Crippen molar-refractivity contribution >= 4 is 39.1 Å². The van der Waals surface area contributed by atoms with Crippen LogP contribution in [0.25, 0.3) is 0 Å². The van der Waals surface area contributed by atoms with Crippen molar-refractivity contribution in [3.05, 3.63) is 101 Å². The molecule has 1 atom stereocenters. The molecule has 0 aliphatic carbocycles. The maximum Gasteiger partial charge on any atom is 0.243 e. The van der Waals surface area contributed by atoms with Gasteiger partial charge in [-0.2, -0.15) is 0 Å². The Hall–Kier alpha value is -3.36. The van der Waals surface area contributed by atoms with Gasteiger partial charge in [-0.05, 0) is 42.2 Å². The van der Waals surface area contributed by atoms with Crippen molar-refractivity contribution in [3.8, 4) is 0 Å². The number of rotatable bonds is 14. The minimum atomic E-state index is -3.60. The monoisotopic (exact) mass is 569 g/mol. The van der Waals surface area contributed by atoms with E-state index >= 15 is 0 Å². The van der Waals surface area contributed by atoms with Crippen molar-refractivity contribution in [1.29, 1.82) is 0 Å². The van der Waals surface area contributed by atoms with Crippen molar-refractivity contribution in [2.45, 2.75) is 45.2 Å². The van der Waals surface area contributed by atoms with Gasteiger partial charge in [0.1, 0.15) is 6.04 Å². The fourth-order valence-corrected chi connectivity index (χ4v) is 5.48. The molecule has 0 aromatic heterocycles. The van der Waals surface area contributed by atoms with E-state index in [9.17, 15) is 18.0 Å². The average molecular weight is 570 g/mol. The lowest BCUT2D eigenvalue weighted by Crippen LogP contribution is -2.50. The van der Waals surface area contributed by atoms with Crippen LogP contribution in [-0.4, -0.2) is 50.5 Å². The highest BCUT2D eigenvalue weighted by Crippen LogP contribution is 2.23. The number of halogens is 1. The number of nitrogens with one attached hydrogen (secondary N) is 1. The second-order valence-electron chi connectivity index (χ2n) is 9.42. The summed E-state index contributed by atoms with van der Waals surface area (Å²) in [6, 6.07) is 25.1. The number of anilines is 1. The van der Waals surface area contributed by atoms with Crippen molar-refractivity contribution in [2.24, 2.45) is 0 Å². The summed E-state index contributed by atoms with van der Waals surface area (Å²) in [7, 11) is -3.60. The van der Waals surface area contributed by atoms with Gasteiger partial charge in [0.25, 0.3) is 0 Å². The molecule has 0 saturated carbocycles. The Kier molecular flexibility index (Phi) is 11.4. The highest BCUT2D eigenvalue weighted by atomic mass is 35.5. The van der Waals surface area contributed by atoms with Gasteiger partial charge in [0, 0.05) is 37.5 Å². The molecule has 3 aromatic carbocycles. The molecule has 3 aromatic rings. The molecule has 0 bridgehead atoms. The lowest BCUT2D eigenvalue weighted by molar-refractivity contribution is -0.141. The fraction of sp³-hybridized carbons (Fsp3) is 0.333. The van der Waals surface area contributed by atoms with Crippen LogP contribution in [0.4, 0.5) is 5.69 Å². The Morgan fingerprint density at radius 2 is 1.56 bits per heavy atom. The van der Waals surface area contributed by atoms with E-state index in [0.717, 1.165) is 23.8 Å². The first-order valence-electron chi connectivity index (χ1n) is 13.1. The van der Waals surface area contributed by atoms with E-state index in [1.807, 2.05) is 67.6 Å². The molecular weight excluding hydrogens is 534 g/mol. The normalized spacial score (nSPS) is 12.0. The van der Waals surface area contributed by atoms with Gasteiger partial charge in [-0.25, -0.2) is 8.42 Å². The van der Waals surface area contributed by atoms with Gasteiger partial charge in [-0.1, -0.05) is 85.3 Å². The number of nitrogens with zero attached hydrogens (tertiary/aromatic N) is 2. The minimum Gasteiger partial charge on any atom is -0.354 e. The third-order valence-electron chi connectivity index (χ3n) is 6.26. The van der Waals surface area contributed by atoms with E-state index in [1.165, 1.54) is 4.31 Å². The molecule has 0 aliphatic rings. The third kappa shape index (κ3) is 9.41. The zero-order valence-electron chi connectivity index (χ0n) is 22.4. The summed E-state index contributed by atoms with van der Waals surface area (Å²) in [5.74, 6) is -0.423. The maximum atomic E-state index is 13.7. The Morgan fingerprint density at radius 1 is 0.923 bits per heavy atom. The van der Waals surface area contributed by atoms with Gasteiger partial charge >= 0.3 is 0 Å². The molecule has 208 valence electrons. The Labute approximate surface area is 236 Å². The predicted molar refractivity (Wildman–Crippen MR) is 157 cm³/mol. The quantitative estimate of drug-likeness (QED) is 0.294. The molecule has 2 amide bonds. The van der Waals surface area contributed by atoms with Gasteiger partial charge in [0.05, 0.1) is 11.9 Å². The number of carbonyl (C=O) groups is 2. The van der Waals surface area contributed by atoms with Crippen LogP contribution in [0.1, 0.15) is 37.3 Å². The van der Waals surface area contributed by atoms with E-state index in [0.29, 0.717) is 23.7 Å². The predicted octanol–water partition coefficient (Wildman–Crippen LogP) is 5.05. The lowest BCUT2D eigenvalue weighted by Gasteiger charge is -2.32. The van der Waals surface area contributed by atoms with Gasteiger partial charge in [0.15, 0.2) is 0 Å². The first-order valence-corrected chi connectivity index (χ1v) is 15.3. The van der Waals surface area contributed by atoms with Gasteiger partial charge < -0.3 is 10.2 Å². The molecule has 1 N–H and O–H groups in total. The molecule has 0 fully saturated rings. The van der Waals surface area contributed by atoms with Crippen molar-refractivity contribution < 1.29 is 18.0 Å². The van der Waals surface area contributed by atoms with Gasteiger partial charge in [-0.3, -0.25) is 13.9 Å². The van der Waals surface area contributed by atoms with Crippen LogP contribution in [0.3, 0.4) is 0 Å². The van der Waals surface area contributed by atoms with E-state index in [1.54, 1.807) is 29.2 Å². The van der Waals surface area contributed by atoms with Crippen LogP contribution in [0, 0.1) is 0 Å². The number of hydrogen-bond donors (Lipinski definition) is 1. The SMILES string of the molecule is CCCNC(=O)[C@@H](Cc1ccccc1)N(Cc1ccccc1)C(=O)CCCN(c1cccc(Cl)c1)S(C)(=O)=O. The summed E-state index contributed by atoms with van der Waals surface area (Å²) in [6.45, 7) is 2.86. The number of carbonyl (C=O) groups excluding carboxylic acids is 2. The topological polar surface area (TPSA) is 86.8 Å². The second-order valence-corrected chi connectivity index (χ2v) is 11.8. The van der Waals surface area contributed by atoms with Crippen molar-refractivity contribution in [1.82, 2.24) is 10.2 Å². The van der Waals surface area contributed by atoms with Crippen LogP contribution < -0.4 is 9.62 Å². The van der Waals surface area contributed by atoms with Crippen molar-refractivity contribution in [2.75, 3.05) is 23.7 Å². The van der Waals surface area contributed by atoms with E-state index in [2.05, 4.69) is 5.32 Å². The molecule has 0 spiro atoms. The molecule has 9 heteroatoms. The molecule has 39 heavy (non-hydrogen) atoms. The zero-order valence-corrected chi connectivity index (χ0v) is 24.0. The van der Waals surface area contributed by atoms with Crippen LogP contribution in [0.15, 0.2) is 84.9 Å². The molecule has 0 heterocycles. The van der Waals surface area contributed by atoms with E-state index in [4.69, 9.17) is 11.6 Å². The smallest absolute Gasteiger partial charge is 0.243 e. The third-order valence-corrected chi connectivity index (χ3v) is 7.69. The Bertz CT molecular complexity index is 1320. The molecule has 0 aliphatic heterocycles. The largest absolute Gasteiger partial charge is 0.354 e. The first kappa shape index (κ1) is 30.2. The standard InChI is InChI=1S/C30H36ClN3O4S/c1-3-19-32-30(36)28(21-24-12-6-4-7-13-24)33(23-25-14-8-5-9-15-25)29(35)18-11-20-34(39(2,37)38)27-17-10-16-26(31)22-27/h4-10,12-17,22,28H,3,11,18-21,23H2,1-2H3,(H,32,36)/t28-/m1/s1. The highest BCUT2D eigenvalue weighted by molar-refractivity contribution is 7.92. The van der Waals surface area contributed by atoms with E-state index < -0.39 is 16.1 Å². The van der Waals surface area contributed by atoms with Crippen LogP contribution in [0.2, 0.25) is 5.02 Å². The number of sulfonamides is 1. The molecule has 0 unspecified atom stereocenters. The summed E-state index contributed by atoms with van der Waals surface area (Å²) < 4.78 is 26.3.